The minimum Gasteiger partial charge on any atom is -0.493 e. The predicted octanol–water partition coefficient (Wildman–Crippen LogP) is 2.02. The van der Waals surface area contributed by atoms with Crippen molar-refractivity contribution in [3.63, 3.8) is 0 Å². The lowest BCUT2D eigenvalue weighted by molar-refractivity contribution is -0.118. The lowest BCUT2D eigenvalue weighted by Gasteiger charge is -2.13. The van der Waals surface area contributed by atoms with Gasteiger partial charge in [0.15, 0.2) is 11.5 Å². The monoisotopic (exact) mass is 393 g/mol. The Morgan fingerprint density at radius 1 is 1.04 bits per heavy atom. The topological polar surface area (TPSA) is 91.8 Å². The van der Waals surface area contributed by atoms with Crippen LogP contribution in [0.15, 0.2) is 29.3 Å². The van der Waals surface area contributed by atoms with E-state index >= 15 is 0 Å². The second-order valence-electron chi connectivity index (χ2n) is 5.30. The van der Waals surface area contributed by atoms with E-state index in [1.54, 1.807) is 40.6 Å². The van der Waals surface area contributed by atoms with Crippen molar-refractivity contribution in [1.82, 2.24) is 15.5 Å². The molecule has 1 N–H and O–H groups in total. The molecule has 0 bridgehead atoms. The van der Waals surface area contributed by atoms with Gasteiger partial charge in [0.25, 0.3) is 0 Å². The van der Waals surface area contributed by atoms with Gasteiger partial charge in [0.05, 0.1) is 39.4 Å². The average molecular weight is 393 g/mol. The Balaban J connectivity index is 2.07. The van der Waals surface area contributed by atoms with E-state index in [9.17, 15) is 4.79 Å². The zero-order valence-corrected chi connectivity index (χ0v) is 16.6. The van der Waals surface area contributed by atoms with Gasteiger partial charge >= 0.3 is 0 Å². The Labute approximate surface area is 162 Å². The van der Waals surface area contributed by atoms with Gasteiger partial charge in [-0.2, -0.15) is 0 Å². The molecular formula is C18H23N3O5S. The molecule has 1 heterocycles. The summed E-state index contributed by atoms with van der Waals surface area (Å²) in [6, 6.07) is 7.26. The number of carbonyl (C=O) groups excluding carboxylic acids is 1. The van der Waals surface area contributed by atoms with Crippen molar-refractivity contribution in [3.05, 3.63) is 24.3 Å². The van der Waals surface area contributed by atoms with Crippen LogP contribution in [0.4, 0.5) is 0 Å². The molecule has 0 fully saturated rings. The zero-order valence-electron chi connectivity index (χ0n) is 15.8. The van der Waals surface area contributed by atoms with E-state index in [4.69, 9.17) is 18.9 Å². The standard InChI is InChI=1S/C18H23N3O5S/c1-23-8-7-19-16(22)11-27-17-6-5-13(20-21-17)12-9-14(24-2)18(26-4)15(10-12)25-3/h5-6,9-10H,7-8,11H2,1-4H3,(H,19,22). The molecule has 9 heteroatoms. The van der Waals surface area contributed by atoms with Crippen LogP contribution in [0.2, 0.25) is 0 Å². The molecule has 2 rings (SSSR count). The minimum absolute atomic E-state index is 0.0763. The van der Waals surface area contributed by atoms with E-state index in [0.29, 0.717) is 41.1 Å². The van der Waals surface area contributed by atoms with Crippen LogP contribution in [-0.4, -0.2) is 63.4 Å². The fraction of sp³-hybridized carbons (Fsp3) is 0.389. The van der Waals surface area contributed by atoms with Crippen molar-refractivity contribution in [2.75, 3.05) is 47.3 Å². The molecule has 1 aromatic carbocycles. The van der Waals surface area contributed by atoms with Crippen LogP contribution in [0, 0.1) is 0 Å². The van der Waals surface area contributed by atoms with Crippen LogP contribution in [-0.2, 0) is 9.53 Å². The maximum absolute atomic E-state index is 11.7. The molecule has 1 amide bonds. The quantitative estimate of drug-likeness (QED) is 0.484. The van der Waals surface area contributed by atoms with Gasteiger partial charge in [-0.15, -0.1) is 10.2 Å². The van der Waals surface area contributed by atoms with E-state index in [1.165, 1.54) is 11.8 Å². The lowest BCUT2D eigenvalue weighted by Crippen LogP contribution is -2.28. The van der Waals surface area contributed by atoms with Crippen molar-refractivity contribution in [2.45, 2.75) is 5.03 Å². The summed E-state index contributed by atoms with van der Waals surface area (Å²) in [5.41, 5.74) is 1.44. The molecule has 146 valence electrons. The summed E-state index contributed by atoms with van der Waals surface area (Å²) in [6.45, 7) is 0.974. The molecule has 0 atom stereocenters. The van der Waals surface area contributed by atoms with Gasteiger partial charge in [-0.05, 0) is 24.3 Å². The Morgan fingerprint density at radius 3 is 2.26 bits per heavy atom. The van der Waals surface area contributed by atoms with Gasteiger partial charge in [-0.25, -0.2) is 0 Å². The molecule has 0 saturated carbocycles. The molecule has 0 spiro atoms. The second kappa shape index (κ2) is 10.6. The van der Waals surface area contributed by atoms with E-state index in [1.807, 2.05) is 12.1 Å². The third-order valence-electron chi connectivity index (χ3n) is 3.58. The largest absolute Gasteiger partial charge is 0.493 e. The lowest BCUT2D eigenvalue weighted by atomic mass is 10.1. The number of carbonyl (C=O) groups is 1. The minimum atomic E-state index is -0.0763. The van der Waals surface area contributed by atoms with Gasteiger partial charge < -0.3 is 24.3 Å². The molecule has 2 aromatic rings. The molecule has 0 saturated heterocycles. The number of hydrogen-bond donors (Lipinski definition) is 1. The van der Waals surface area contributed by atoms with Crippen LogP contribution >= 0.6 is 11.8 Å². The molecule has 0 aliphatic rings. The molecule has 0 aliphatic heterocycles. The van der Waals surface area contributed by atoms with Crippen LogP contribution in [0.3, 0.4) is 0 Å². The first-order valence-electron chi connectivity index (χ1n) is 8.15. The Hall–Kier alpha value is -2.52. The number of aromatic nitrogens is 2. The Morgan fingerprint density at radius 2 is 1.74 bits per heavy atom. The highest BCUT2D eigenvalue weighted by molar-refractivity contribution is 7.99. The van der Waals surface area contributed by atoms with E-state index in [-0.39, 0.29) is 11.7 Å². The van der Waals surface area contributed by atoms with Gasteiger partial charge in [0, 0.05) is 19.2 Å². The number of benzene rings is 1. The summed E-state index contributed by atoms with van der Waals surface area (Å²) in [4.78, 5) is 11.7. The second-order valence-corrected chi connectivity index (χ2v) is 6.30. The predicted molar refractivity (Wildman–Crippen MR) is 103 cm³/mol. The number of methoxy groups -OCH3 is 4. The first-order valence-corrected chi connectivity index (χ1v) is 9.14. The maximum Gasteiger partial charge on any atom is 0.230 e. The summed E-state index contributed by atoms with van der Waals surface area (Å²) in [5, 5.41) is 11.8. The molecular weight excluding hydrogens is 370 g/mol. The Bertz CT molecular complexity index is 730. The number of nitrogens with one attached hydrogen (secondary N) is 1. The normalized spacial score (nSPS) is 10.4. The number of hydrogen-bond acceptors (Lipinski definition) is 8. The van der Waals surface area contributed by atoms with Crippen LogP contribution in [0.1, 0.15) is 0 Å². The number of thioether (sulfide) groups is 1. The van der Waals surface area contributed by atoms with Crippen LogP contribution in [0.5, 0.6) is 17.2 Å². The first-order chi connectivity index (χ1) is 13.1. The number of rotatable bonds is 10. The fourth-order valence-electron chi connectivity index (χ4n) is 2.26. The van der Waals surface area contributed by atoms with Crippen molar-refractivity contribution >= 4 is 17.7 Å². The molecule has 8 nitrogen and oxygen atoms in total. The third-order valence-corrected chi connectivity index (χ3v) is 4.50. The van der Waals surface area contributed by atoms with Crippen molar-refractivity contribution < 1.29 is 23.7 Å². The van der Waals surface area contributed by atoms with Crippen molar-refractivity contribution in [2.24, 2.45) is 0 Å². The summed E-state index contributed by atoms with van der Waals surface area (Å²) >= 11 is 1.32. The van der Waals surface area contributed by atoms with Gasteiger partial charge in [0.2, 0.25) is 11.7 Å². The Kier molecular flexibility index (Phi) is 8.15. The first kappa shape index (κ1) is 20.8. The van der Waals surface area contributed by atoms with E-state index in [0.717, 1.165) is 5.56 Å². The number of nitrogens with zero attached hydrogens (tertiary/aromatic N) is 2. The van der Waals surface area contributed by atoms with Crippen LogP contribution in [0.25, 0.3) is 11.3 Å². The molecule has 1 aromatic heterocycles. The average Bonchev–Trinajstić information content (AvgIpc) is 2.71. The maximum atomic E-state index is 11.7. The number of amides is 1. The third kappa shape index (κ3) is 5.73. The summed E-state index contributed by atoms with van der Waals surface area (Å²) in [7, 11) is 6.26. The molecule has 0 radical (unpaired) electrons. The smallest absolute Gasteiger partial charge is 0.230 e. The summed E-state index contributed by atoms with van der Waals surface area (Å²) in [5.74, 6) is 1.79. The van der Waals surface area contributed by atoms with Gasteiger partial charge in [0.1, 0.15) is 5.03 Å². The van der Waals surface area contributed by atoms with Crippen LogP contribution < -0.4 is 19.5 Å². The SMILES string of the molecule is COCCNC(=O)CSc1ccc(-c2cc(OC)c(OC)c(OC)c2)nn1. The van der Waals surface area contributed by atoms with E-state index < -0.39 is 0 Å². The van der Waals surface area contributed by atoms with Gasteiger partial charge in [-0.3, -0.25) is 4.79 Å². The summed E-state index contributed by atoms with van der Waals surface area (Å²) < 4.78 is 20.9. The molecule has 0 unspecified atom stereocenters. The summed E-state index contributed by atoms with van der Waals surface area (Å²) in [6.07, 6.45) is 0. The molecule has 27 heavy (non-hydrogen) atoms. The zero-order chi connectivity index (χ0) is 19.6. The highest BCUT2D eigenvalue weighted by Gasteiger charge is 2.15. The fourth-order valence-corrected chi connectivity index (χ4v) is 2.91. The van der Waals surface area contributed by atoms with Crippen molar-refractivity contribution in [3.8, 4) is 28.5 Å². The highest BCUT2D eigenvalue weighted by atomic mass is 32.2. The van der Waals surface area contributed by atoms with E-state index in [2.05, 4.69) is 15.5 Å². The molecule has 0 aliphatic carbocycles. The van der Waals surface area contributed by atoms with Gasteiger partial charge in [-0.1, -0.05) is 11.8 Å². The highest BCUT2D eigenvalue weighted by Crippen LogP contribution is 2.40. The number of ether oxygens (including phenoxy) is 4. The van der Waals surface area contributed by atoms with Crippen molar-refractivity contribution in [1.29, 1.82) is 0 Å².